The average molecular weight is 385 g/mol. The minimum Gasteiger partial charge on any atom is -0.369 e. The summed E-state index contributed by atoms with van der Waals surface area (Å²) in [6.07, 6.45) is 9.87. The van der Waals surface area contributed by atoms with E-state index < -0.39 is 0 Å². The topological polar surface area (TPSA) is 78.9 Å². The molecule has 0 aliphatic carbocycles. The van der Waals surface area contributed by atoms with Crippen molar-refractivity contribution in [3.05, 3.63) is 47.4 Å². The molecule has 1 amide bonds. The van der Waals surface area contributed by atoms with Crippen molar-refractivity contribution in [3.8, 4) is 0 Å². The second kappa shape index (κ2) is 10.6. The van der Waals surface area contributed by atoms with Crippen LogP contribution in [0.5, 0.6) is 0 Å². The maximum absolute atomic E-state index is 13.0. The predicted octanol–water partition coefficient (Wildman–Crippen LogP) is 4.11. The van der Waals surface area contributed by atoms with E-state index in [1.54, 1.807) is 18.3 Å². The molecule has 0 spiro atoms. The zero-order valence-corrected chi connectivity index (χ0v) is 16.1. The SMILES string of the molecule is O=C(NCc1ccc(F)cc1)c1cnc2nc1NCCCCCCCCCN2. The van der Waals surface area contributed by atoms with E-state index in [0.717, 1.165) is 31.5 Å². The largest absolute Gasteiger partial charge is 0.369 e. The van der Waals surface area contributed by atoms with Crippen molar-refractivity contribution < 1.29 is 9.18 Å². The number of hydrogen-bond donors (Lipinski definition) is 3. The van der Waals surface area contributed by atoms with E-state index in [2.05, 4.69) is 25.9 Å². The van der Waals surface area contributed by atoms with Crippen LogP contribution < -0.4 is 16.0 Å². The number of fused-ring (bicyclic) bond motifs is 2. The van der Waals surface area contributed by atoms with E-state index in [1.807, 2.05) is 0 Å². The lowest BCUT2D eigenvalue weighted by molar-refractivity contribution is 0.0951. The predicted molar refractivity (Wildman–Crippen MR) is 109 cm³/mol. The highest BCUT2D eigenvalue weighted by atomic mass is 19.1. The van der Waals surface area contributed by atoms with Crippen molar-refractivity contribution in [2.24, 2.45) is 0 Å². The number of anilines is 2. The van der Waals surface area contributed by atoms with Gasteiger partial charge in [-0.05, 0) is 30.5 Å². The van der Waals surface area contributed by atoms with E-state index in [-0.39, 0.29) is 11.7 Å². The zero-order chi connectivity index (χ0) is 19.6. The highest BCUT2D eigenvalue weighted by Gasteiger charge is 2.15. The third-order valence-corrected chi connectivity index (χ3v) is 4.83. The first kappa shape index (κ1) is 20.0. The van der Waals surface area contributed by atoms with Gasteiger partial charge in [0.2, 0.25) is 5.95 Å². The summed E-state index contributed by atoms with van der Waals surface area (Å²) in [5, 5.41) is 9.39. The Balaban J connectivity index is 1.67. The average Bonchev–Trinajstić information content (AvgIpc) is 2.71. The lowest BCUT2D eigenvalue weighted by Crippen LogP contribution is -2.25. The number of carbonyl (C=O) groups is 1. The first-order valence-electron chi connectivity index (χ1n) is 10.1. The van der Waals surface area contributed by atoms with E-state index in [1.165, 1.54) is 44.2 Å². The van der Waals surface area contributed by atoms with Crippen molar-refractivity contribution in [2.75, 3.05) is 23.7 Å². The Kier molecular flexibility index (Phi) is 7.58. The van der Waals surface area contributed by atoms with Gasteiger partial charge < -0.3 is 16.0 Å². The van der Waals surface area contributed by atoms with Gasteiger partial charge in [0.25, 0.3) is 5.91 Å². The van der Waals surface area contributed by atoms with Crippen molar-refractivity contribution in [3.63, 3.8) is 0 Å². The van der Waals surface area contributed by atoms with Crippen molar-refractivity contribution in [2.45, 2.75) is 51.5 Å². The van der Waals surface area contributed by atoms with Crippen LogP contribution in [0.3, 0.4) is 0 Å². The summed E-state index contributed by atoms with van der Waals surface area (Å²) in [6, 6.07) is 6.07. The van der Waals surface area contributed by atoms with Crippen LogP contribution in [0.15, 0.2) is 30.5 Å². The van der Waals surface area contributed by atoms with Gasteiger partial charge in [0.1, 0.15) is 17.2 Å². The van der Waals surface area contributed by atoms with E-state index >= 15 is 0 Å². The second-order valence-electron chi connectivity index (χ2n) is 7.09. The first-order valence-corrected chi connectivity index (χ1v) is 10.1. The summed E-state index contributed by atoms with van der Waals surface area (Å²) in [6.45, 7) is 1.92. The van der Waals surface area contributed by atoms with Crippen molar-refractivity contribution in [1.29, 1.82) is 0 Å². The minimum atomic E-state index is -0.294. The fraction of sp³-hybridized carbons (Fsp3) is 0.476. The van der Waals surface area contributed by atoms with Crippen LogP contribution in [0, 0.1) is 5.82 Å². The number of rotatable bonds is 3. The number of carbonyl (C=O) groups excluding carboxylic acids is 1. The Hall–Kier alpha value is -2.70. The normalized spacial score (nSPS) is 15.6. The van der Waals surface area contributed by atoms with Crippen LogP contribution in [0.1, 0.15) is 60.9 Å². The van der Waals surface area contributed by atoms with Gasteiger partial charge in [0, 0.05) is 25.8 Å². The van der Waals surface area contributed by atoms with Crippen LogP contribution in [0.2, 0.25) is 0 Å². The Morgan fingerprint density at radius 3 is 2.32 bits per heavy atom. The highest BCUT2D eigenvalue weighted by molar-refractivity contribution is 5.98. The minimum absolute atomic E-state index is 0.250. The second-order valence-corrected chi connectivity index (χ2v) is 7.09. The molecule has 1 aromatic heterocycles. The highest BCUT2D eigenvalue weighted by Crippen LogP contribution is 2.16. The molecule has 1 aliphatic heterocycles. The summed E-state index contributed by atoms with van der Waals surface area (Å²) < 4.78 is 13.0. The summed E-state index contributed by atoms with van der Waals surface area (Å²) in [5.74, 6) is 0.540. The molecule has 2 heterocycles. The van der Waals surface area contributed by atoms with Gasteiger partial charge in [-0.25, -0.2) is 9.37 Å². The molecule has 7 heteroatoms. The lowest BCUT2D eigenvalue weighted by Gasteiger charge is -2.14. The van der Waals surface area contributed by atoms with Crippen molar-refractivity contribution >= 4 is 17.7 Å². The van der Waals surface area contributed by atoms with Gasteiger partial charge in [-0.1, -0.05) is 44.2 Å². The monoisotopic (exact) mass is 385 g/mol. The van der Waals surface area contributed by atoms with E-state index in [0.29, 0.717) is 23.9 Å². The van der Waals surface area contributed by atoms with Gasteiger partial charge in [0.05, 0.1) is 0 Å². The van der Waals surface area contributed by atoms with Gasteiger partial charge in [-0.3, -0.25) is 4.79 Å². The van der Waals surface area contributed by atoms with Crippen molar-refractivity contribution in [1.82, 2.24) is 15.3 Å². The lowest BCUT2D eigenvalue weighted by atomic mass is 10.1. The van der Waals surface area contributed by atoms with Gasteiger partial charge >= 0.3 is 0 Å². The number of nitrogens with zero attached hydrogens (tertiary/aromatic N) is 2. The Bertz CT molecular complexity index is 766. The molecule has 6 nitrogen and oxygen atoms in total. The number of amides is 1. The van der Waals surface area contributed by atoms with E-state index in [9.17, 15) is 9.18 Å². The molecular formula is C21H28FN5O. The molecule has 0 saturated carbocycles. The molecule has 0 fully saturated rings. The zero-order valence-electron chi connectivity index (χ0n) is 16.1. The summed E-state index contributed by atoms with van der Waals surface area (Å²) in [5.41, 5.74) is 1.25. The van der Waals surface area contributed by atoms with E-state index in [4.69, 9.17) is 0 Å². The van der Waals surface area contributed by atoms with Crippen LogP contribution in [0.25, 0.3) is 0 Å². The maximum atomic E-state index is 13.0. The number of nitrogens with one attached hydrogen (secondary N) is 3. The summed E-state index contributed by atoms with van der Waals surface area (Å²) >= 11 is 0. The van der Waals surface area contributed by atoms with Crippen LogP contribution in [0.4, 0.5) is 16.2 Å². The standard InChI is InChI=1S/C21H28FN5O/c22-17-10-8-16(9-11-17)14-25-20(28)18-15-26-21-24-13-7-5-3-1-2-4-6-12-23-19(18)27-21/h8-11,15H,1-7,12-14H2,(H,25,28)(H2,23,24,26,27). The molecule has 1 aromatic carbocycles. The molecule has 2 aromatic rings. The number of benzene rings is 1. The molecule has 3 N–H and O–H groups in total. The Morgan fingerprint density at radius 2 is 1.61 bits per heavy atom. The molecule has 150 valence electrons. The fourth-order valence-electron chi connectivity index (χ4n) is 3.19. The number of halogens is 1. The first-order chi connectivity index (χ1) is 13.7. The summed E-state index contributed by atoms with van der Waals surface area (Å²) in [7, 11) is 0. The molecule has 0 radical (unpaired) electrons. The van der Waals surface area contributed by atoms with Gasteiger partial charge in [-0.15, -0.1) is 0 Å². The Morgan fingerprint density at radius 1 is 0.964 bits per heavy atom. The molecular weight excluding hydrogens is 357 g/mol. The molecule has 0 atom stereocenters. The molecule has 1 aliphatic rings. The quantitative estimate of drug-likeness (QED) is 0.741. The molecule has 0 unspecified atom stereocenters. The smallest absolute Gasteiger partial charge is 0.256 e. The number of aromatic nitrogens is 2. The summed E-state index contributed by atoms with van der Waals surface area (Å²) in [4.78, 5) is 21.4. The molecule has 2 bridgehead atoms. The molecule has 3 rings (SSSR count). The Labute approximate surface area is 165 Å². The van der Waals surface area contributed by atoms with Gasteiger partial charge in [-0.2, -0.15) is 4.98 Å². The molecule has 0 saturated heterocycles. The maximum Gasteiger partial charge on any atom is 0.256 e. The fourth-order valence-corrected chi connectivity index (χ4v) is 3.19. The van der Waals surface area contributed by atoms with Gasteiger partial charge in [0.15, 0.2) is 0 Å². The third kappa shape index (κ3) is 6.18. The molecule has 28 heavy (non-hydrogen) atoms. The van der Waals surface area contributed by atoms with Crippen LogP contribution in [-0.4, -0.2) is 29.0 Å². The number of hydrogen-bond acceptors (Lipinski definition) is 5. The third-order valence-electron chi connectivity index (χ3n) is 4.83. The van der Waals surface area contributed by atoms with Crippen LogP contribution >= 0.6 is 0 Å². The van der Waals surface area contributed by atoms with Crippen LogP contribution in [-0.2, 0) is 6.54 Å².